The van der Waals surface area contributed by atoms with Gasteiger partial charge in [0.15, 0.2) is 5.78 Å². The standard InChI is InChI=1S/C20H18F2O3/c1-3-14-5-9-20(17(10-14)19(24)8-4-13(2)23)25-12-15-6-7-16(21)11-18(15)22/h3,5-7,9-11H,1,4,8,12H2,2H3. The highest BCUT2D eigenvalue weighted by atomic mass is 19.1. The van der Waals surface area contributed by atoms with Crippen molar-refractivity contribution in [1.82, 2.24) is 0 Å². The minimum absolute atomic E-state index is 0.0667. The van der Waals surface area contributed by atoms with Crippen molar-refractivity contribution in [1.29, 1.82) is 0 Å². The summed E-state index contributed by atoms with van der Waals surface area (Å²) >= 11 is 0. The molecule has 0 aliphatic carbocycles. The van der Waals surface area contributed by atoms with Gasteiger partial charge >= 0.3 is 0 Å². The number of ketones is 2. The Bertz CT molecular complexity index is 813. The second kappa shape index (κ2) is 8.33. The molecule has 5 heteroatoms. The molecule has 3 nitrogen and oxygen atoms in total. The van der Waals surface area contributed by atoms with Crippen LogP contribution in [0.5, 0.6) is 5.75 Å². The molecule has 0 aliphatic rings. The second-order valence-electron chi connectivity index (χ2n) is 5.61. The van der Waals surface area contributed by atoms with E-state index in [1.807, 2.05) is 0 Å². The van der Waals surface area contributed by atoms with Gasteiger partial charge in [0.25, 0.3) is 0 Å². The van der Waals surface area contributed by atoms with Crippen LogP contribution in [0.15, 0.2) is 43.0 Å². The molecule has 130 valence electrons. The third-order valence-corrected chi connectivity index (χ3v) is 3.64. The summed E-state index contributed by atoms with van der Waals surface area (Å²) in [6, 6.07) is 8.14. The molecule has 0 saturated heterocycles. The molecule has 0 aliphatic heterocycles. The predicted molar refractivity (Wildman–Crippen MR) is 91.5 cm³/mol. The van der Waals surface area contributed by atoms with E-state index >= 15 is 0 Å². The van der Waals surface area contributed by atoms with Crippen LogP contribution in [-0.2, 0) is 11.4 Å². The molecule has 0 radical (unpaired) electrons. The van der Waals surface area contributed by atoms with E-state index in [1.54, 1.807) is 24.3 Å². The van der Waals surface area contributed by atoms with Crippen LogP contribution >= 0.6 is 0 Å². The van der Waals surface area contributed by atoms with Crippen LogP contribution < -0.4 is 4.74 Å². The smallest absolute Gasteiger partial charge is 0.167 e. The molecule has 0 saturated carbocycles. The Hall–Kier alpha value is -2.82. The summed E-state index contributed by atoms with van der Waals surface area (Å²) in [6.45, 7) is 4.93. The summed E-state index contributed by atoms with van der Waals surface area (Å²) < 4.78 is 32.2. The summed E-state index contributed by atoms with van der Waals surface area (Å²) in [4.78, 5) is 23.5. The van der Waals surface area contributed by atoms with Gasteiger partial charge in [0.2, 0.25) is 0 Å². The Balaban J connectivity index is 2.22. The number of halogens is 2. The lowest BCUT2D eigenvalue weighted by molar-refractivity contribution is -0.116. The van der Waals surface area contributed by atoms with E-state index in [2.05, 4.69) is 6.58 Å². The van der Waals surface area contributed by atoms with Crippen LogP contribution in [0.4, 0.5) is 8.78 Å². The highest BCUT2D eigenvalue weighted by Gasteiger charge is 2.15. The van der Waals surface area contributed by atoms with E-state index in [0.29, 0.717) is 5.56 Å². The zero-order valence-electron chi connectivity index (χ0n) is 13.9. The quantitative estimate of drug-likeness (QED) is 0.650. The summed E-state index contributed by atoms with van der Waals surface area (Å²) in [5, 5.41) is 0. The molecule has 0 spiro atoms. The van der Waals surface area contributed by atoms with E-state index in [-0.39, 0.29) is 42.3 Å². The van der Waals surface area contributed by atoms with Crippen LogP contribution in [0.25, 0.3) is 6.08 Å². The molecular weight excluding hydrogens is 326 g/mol. The first-order valence-corrected chi connectivity index (χ1v) is 7.76. The Morgan fingerprint density at radius 1 is 1.12 bits per heavy atom. The number of rotatable bonds is 8. The van der Waals surface area contributed by atoms with E-state index < -0.39 is 11.6 Å². The number of carbonyl (C=O) groups excluding carboxylic acids is 2. The van der Waals surface area contributed by atoms with Gasteiger partial charge in [-0.05, 0) is 36.8 Å². The zero-order chi connectivity index (χ0) is 18.4. The Morgan fingerprint density at radius 3 is 2.52 bits per heavy atom. The van der Waals surface area contributed by atoms with Crippen molar-refractivity contribution in [2.45, 2.75) is 26.4 Å². The average molecular weight is 344 g/mol. The van der Waals surface area contributed by atoms with Gasteiger partial charge in [-0.3, -0.25) is 4.79 Å². The number of ether oxygens (including phenoxy) is 1. The first-order chi connectivity index (χ1) is 11.9. The number of hydrogen-bond donors (Lipinski definition) is 0. The fourth-order valence-electron chi connectivity index (χ4n) is 2.24. The van der Waals surface area contributed by atoms with Gasteiger partial charge in [-0.25, -0.2) is 8.78 Å². The molecule has 0 amide bonds. The SMILES string of the molecule is C=Cc1ccc(OCc2ccc(F)cc2F)c(C(=O)CCC(C)=O)c1. The summed E-state index contributed by atoms with van der Waals surface area (Å²) in [6.07, 6.45) is 1.80. The first-order valence-electron chi connectivity index (χ1n) is 7.76. The third-order valence-electron chi connectivity index (χ3n) is 3.64. The lowest BCUT2D eigenvalue weighted by Crippen LogP contribution is -2.07. The van der Waals surface area contributed by atoms with Crippen LogP contribution in [0.1, 0.15) is 41.3 Å². The van der Waals surface area contributed by atoms with Crippen molar-refractivity contribution in [2.24, 2.45) is 0 Å². The van der Waals surface area contributed by atoms with Crippen molar-refractivity contribution in [3.63, 3.8) is 0 Å². The van der Waals surface area contributed by atoms with Crippen molar-refractivity contribution < 1.29 is 23.1 Å². The minimum atomic E-state index is -0.716. The molecule has 0 fully saturated rings. The van der Waals surface area contributed by atoms with Crippen molar-refractivity contribution in [3.05, 3.63) is 71.3 Å². The fourth-order valence-corrected chi connectivity index (χ4v) is 2.24. The number of benzene rings is 2. The van der Waals surface area contributed by atoms with Crippen molar-refractivity contribution >= 4 is 17.6 Å². The molecule has 2 aromatic rings. The van der Waals surface area contributed by atoms with Gasteiger partial charge < -0.3 is 9.53 Å². The third kappa shape index (κ3) is 5.08. The Morgan fingerprint density at radius 2 is 1.88 bits per heavy atom. The molecule has 0 atom stereocenters. The first kappa shape index (κ1) is 18.5. The van der Waals surface area contributed by atoms with Crippen LogP contribution in [0, 0.1) is 11.6 Å². The highest BCUT2D eigenvalue weighted by Crippen LogP contribution is 2.24. The second-order valence-corrected chi connectivity index (χ2v) is 5.61. The van der Waals surface area contributed by atoms with Gasteiger partial charge in [-0.15, -0.1) is 0 Å². The van der Waals surface area contributed by atoms with Gasteiger partial charge in [-0.1, -0.05) is 18.7 Å². The minimum Gasteiger partial charge on any atom is -0.488 e. The molecular formula is C20H18F2O3. The van der Waals surface area contributed by atoms with Crippen LogP contribution in [0.3, 0.4) is 0 Å². The van der Waals surface area contributed by atoms with E-state index in [9.17, 15) is 18.4 Å². The number of Topliss-reactive ketones (excluding diaryl/α,β-unsaturated/α-hetero) is 2. The molecule has 2 aromatic carbocycles. The van der Waals surface area contributed by atoms with Crippen molar-refractivity contribution in [3.8, 4) is 5.75 Å². The number of hydrogen-bond acceptors (Lipinski definition) is 3. The Kier molecular flexibility index (Phi) is 6.17. The van der Waals surface area contributed by atoms with Crippen LogP contribution in [0.2, 0.25) is 0 Å². The van der Waals surface area contributed by atoms with E-state index in [1.165, 1.54) is 13.0 Å². The van der Waals surface area contributed by atoms with Gasteiger partial charge in [0, 0.05) is 24.5 Å². The molecule has 0 unspecified atom stereocenters. The van der Waals surface area contributed by atoms with Gasteiger partial charge in [0.05, 0.1) is 5.56 Å². The van der Waals surface area contributed by atoms with E-state index in [0.717, 1.165) is 17.7 Å². The summed E-state index contributed by atoms with van der Waals surface area (Å²) in [7, 11) is 0. The Labute approximate surface area is 144 Å². The van der Waals surface area contributed by atoms with Crippen LogP contribution in [-0.4, -0.2) is 11.6 Å². The predicted octanol–water partition coefficient (Wildman–Crippen LogP) is 4.74. The summed E-state index contributed by atoms with van der Waals surface area (Å²) in [5.74, 6) is -1.43. The maximum Gasteiger partial charge on any atom is 0.167 e. The normalized spacial score (nSPS) is 10.4. The van der Waals surface area contributed by atoms with Gasteiger partial charge in [-0.2, -0.15) is 0 Å². The molecule has 2 rings (SSSR count). The van der Waals surface area contributed by atoms with E-state index in [4.69, 9.17) is 4.74 Å². The zero-order valence-corrected chi connectivity index (χ0v) is 13.9. The maximum atomic E-state index is 13.7. The highest BCUT2D eigenvalue weighted by molar-refractivity contribution is 6.00. The van der Waals surface area contributed by atoms with Gasteiger partial charge in [0.1, 0.15) is 29.8 Å². The molecule has 0 aromatic heterocycles. The topological polar surface area (TPSA) is 43.4 Å². The molecule has 25 heavy (non-hydrogen) atoms. The molecule has 0 bridgehead atoms. The average Bonchev–Trinajstić information content (AvgIpc) is 2.58. The lowest BCUT2D eigenvalue weighted by atomic mass is 10.0. The molecule has 0 heterocycles. The number of carbonyl (C=O) groups is 2. The maximum absolute atomic E-state index is 13.7. The summed E-state index contributed by atoms with van der Waals surface area (Å²) in [5.41, 5.74) is 1.21. The lowest BCUT2D eigenvalue weighted by Gasteiger charge is -2.12. The van der Waals surface area contributed by atoms with Crippen molar-refractivity contribution in [2.75, 3.05) is 0 Å². The fraction of sp³-hybridized carbons (Fsp3) is 0.200. The molecule has 0 N–H and O–H groups in total. The monoisotopic (exact) mass is 344 g/mol. The largest absolute Gasteiger partial charge is 0.488 e.